The number of aromatic nitrogens is 6. The van der Waals surface area contributed by atoms with E-state index >= 15 is 0 Å². The van der Waals surface area contributed by atoms with Crippen LogP contribution in [0.2, 0.25) is 0 Å². The topological polar surface area (TPSA) is 73.4 Å². The molecule has 8 nitrogen and oxygen atoms in total. The molecule has 3 aromatic rings. The highest BCUT2D eigenvalue weighted by atomic mass is 16.5. The summed E-state index contributed by atoms with van der Waals surface area (Å²) in [6, 6.07) is 5.80. The van der Waals surface area contributed by atoms with Gasteiger partial charge in [0.15, 0.2) is 11.5 Å². The van der Waals surface area contributed by atoms with Gasteiger partial charge in [0, 0.05) is 43.9 Å². The van der Waals surface area contributed by atoms with Gasteiger partial charge in [-0.3, -0.25) is 4.68 Å². The molecule has 0 atom stereocenters. The lowest BCUT2D eigenvalue weighted by Gasteiger charge is -2.30. The molecule has 0 saturated carbocycles. The fourth-order valence-corrected chi connectivity index (χ4v) is 3.49. The molecule has 4 rings (SSSR count). The molecule has 8 heteroatoms. The number of ether oxygens (including phenoxy) is 1. The molecule has 0 spiro atoms. The van der Waals surface area contributed by atoms with Gasteiger partial charge in [-0.2, -0.15) is 9.61 Å². The zero-order valence-corrected chi connectivity index (χ0v) is 14.7. The molecule has 132 valence electrons. The number of hydrogen-bond acceptors (Lipinski definition) is 6. The second-order valence-corrected chi connectivity index (χ2v) is 6.52. The highest BCUT2D eigenvalue weighted by Crippen LogP contribution is 2.27. The molecular formula is C17H23N7O. The Bertz CT molecular complexity index is 848. The fourth-order valence-electron chi connectivity index (χ4n) is 3.49. The van der Waals surface area contributed by atoms with Gasteiger partial charge in [0.05, 0.1) is 7.11 Å². The molecule has 0 amide bonds. The molecule has 3 aromatic heterocycles. The molecule has 1 aliphatic heterocycles. The van der Waals surface area contributed by atoms with E-state index in [9.17, 15) is 0 Å². The monoisotopic (exact) mass is 341 g/mol. The van der Waals surface area contributed by atoms with Gasteiger partial charge in [-0.05, 0) is 38.1 Å². The number of aryl methyl sites for hydroxylation is 1. The van der Waals surface area contributed by atoms with Crippen molar-refractivity contribution in [2.24, 2.45) is 7.05 Å². The van der Waals surface area contributed by atoms with Crippen molar-refractivity contribution < 1.29 is 4.74 Å². The Hall–Kier alpha value is -2.48. The Morgan fingerprint density at radius 3 is 2.72 bits per heavy atom. The van der Waals surface area contributed by atoms with E-state index in [4.69, 9.17) is 4.74 Å². The minimum Gasteiger partial charge on any atom is -0.480 e. The van der Waals surface area contributed by atoms with Crippen LogP contribution >= 0.6 is 0 Å². The van der Waals surface area contributed by atoms with Gasteiger partial charge in [0.2, 0.25) is 5.88 Å². The summed E-state index contributed by atoms with van der Waals surface area (Å²) in [6.07, 6.45) is 5.04. The number of fused-ring (bicyclic) bond motifs is 1. The van der Waals surface area contributed by atoms with E-state index in [1.807, 2.05) is 34.6 Å². The largest absolute Gasteiger partial charge is 0.480 e. The van der Waals surface area contributed by atoms with Gasteiger partial charge in [-0.25, -0.2) is 0 Å². The second-order valence-electron chi connectivity index (χ2n) is 6.52. The summed E-state index contributed by atoms with van der Waals surface area (Å²) in [6.45, 7) is 3.21. The average molecular weight is 341 g/mol. The number of piperidine rings is 1. The molecule has 1 saturated heterocycles. The summed E-state index contributed by atoms with van der Waals surface area (Å²) in [4.78, 5) is 2.51. The minimum absolute atomic E-state index is 0.391. The lowest BCUT2D eigenvalue weighted by molar-refractivity contribution is 0.209. The van der Waals surface area contributed by atoms with E-state index in [1.54, 1.807) is 7.11 Å². The van der Waals surface area contributed by atoms with E-state index in [1.165, 1.54) is 5.69 Å². The van der Waals surface area contributed by atoms with Crippen LogP contribution in [0.3, 0.4) is 0 Å². The summed E-state index contributed by atoms with van der Waals surface area (Å²) in [5.74, 6) is 1.92. The molecule has 0 unspecified atom stereocenters. The van der Waals surface area contributed by atoms with Crippen LogP contribution in [-0.4, -0.2) is 61.2 Å². The molecule has 25 heavy (non-hydrogen) atoms. The maximum Gasteiger partial charge on any atom is 0.231 e. The number of nitrogens with zero attached hydrogens (tertiary/aromatic N) is 7. The first-order chi connectivity index (χ1) is 12.2. The van der Waals surface area contributed by atoms with Crippen molar-refractivity contribution in [3.05, 3.63) is 35.9 Å². The summed E-state index contributed by atoms with van der Waals surface area (Å²) >= 11 is 0. The quantitative estimate of drug-likeness (QED) is 0.696. The van der Waals surface area contributed by atoms with Crippen LogP contribution in [0.5, 0.6) is 5.88 Å². The third-order valence-corrected chi connectivity index (χ3v) is 5.03. The Morgan fingerprint density at radius 2 is 2.00 bits per heavy atom. The number of likely N-dealkylation sites (tertiary alicyclic amines) is 1. The molecule has 4 heterocycles. The van der Waals surface area contributed by atoms with Crippen LogP contribution in [0, 0.1) is 0 Å². The van der Waals surface area contributed by atoms with Gasteiger partial charge in [-0.15, -0.1) is 15.3 Å². The predicted molar refractivity (Wildman–Crippen MR) is 92.7 cm³/mol. The highest BCUT2D eigenvalue weighted by molar-refractivity contribution is 5.38. The van der Waals surface area contributed by atoms with Crippen LogP contribution in [0.15, 0.2) is 24.4 Å². The summed E-state index contributed by atoms with van der Waals surface area (Å²) in [5.41, 5.74) is 2.05. The van der Waals surface area contributed by atoms with Gasteiger partial charge < -0.3 is 9.64 Å². The molecule has 1 aliphatic rings. The van der Waals surface area contributed by atoms with Crippen molar-refractivity contribution in [2.45, 2.75) is 25.2 Å². The molecule has 0 radical (unpaired) electrons. The maximum absolute atomic E-state index is 5.23. The van der Waals surface area contributed by atoms with Crippen molar-refractivity contribution in [1.82, 2.24) is 34.5 Å². The Morgan fingerprint density at radius 1 is 1.16 bits per heavy atom. The van der Waals surface area contributed by atoms with E-state index in [0.29, 0.717) is 11.8 Å². The van der Waals surface area contributed by atoms with Gasteiger partial charge in [0.25, 0.3) is 0 Å². The lowest BCUT2D eigenvalue weighted by atomic mass is 9.96. The smallest absolute Gasteiger partial charge is 0.231 e. The van der Waals surface area contributed by atoms with Crippen LogP contribution in [-0.2, 0) is 13.5 Å². The Kier molecular flexibility index (Phi) is 4.35. The van der Waals surface area contributed by atoms with Crippen LogP contribution in [0.25, 0.3) is 5.65 Å². The SMILES string of the molecule is COc1ccc2nnc(C3CCN(CCc4ccnn4C)CC3)n2n1. The summed E-state index contributed by atoms with van der Waals surface area (Å²) < 4.78 is 9.01. The molecule has 0 aromatic carbocycles. The minimum atomic E-state index is 0.391. The van der Waals surface area contributed by atoms with Crippen molar-refractivity contribution in [3.63, 3.8) is 0 Å². The highest BCUT2D eigenvalue weighted by Gasteiger charge is 2.25. The summed E-state index contributed by atoms with van der Waals surface area (Å²) in [7, 11) is 3.62. The van der Waals surface area contributed by atoms with E-state index in [-0.39, 0.29) is 0 Å². The lowest BCUT2D eigenvalue weighted by Crippen LogP contribution is -2.35. The number of rotatable bonds is 5. The average Bonchev–Trinajstić information content (AvgIpc) is 3.26. The van der Waals surface area contributed by atoms with Crippen molar-refractivity contribution >= 4 is 5.65 Å². The standard InChI is InChI=1S/C17H23N7O/c1-22-14(5-9-18-22)8-12-23-10-6-13(7-11-23)17-20-19-15-3-4-16(25-2)21-24(15)17/h3-5,9,13H,6-8,10-12H2,1-2H3. The van der Waals surface area contributed by atoms with E-state index < -0.39 is 0 Å². The Labute approximate surface area is 146 Å². The third kappa shape index (κ3) is 3.21. The second kappa shape index (κ2) is 6.79. The molecular weight excluding hydrogens is 318 g/mol. The zero-order valence-electron chi connectivity index (χ0n) is 14.7. The zero-order chi connectivity index (χ0) is 17.2. The summed E-state index contributed by atoms with van der Waals surface area (Å²) in [5, 5.41) is 17.3. The normalized spacial score (nSPS) is 16.6. The first kappa shape index (κ1) is 16.0. The van der Waals surface area contributed by atoms with Gasteiger partial charge in [-0.1, -0.05) is 0 Å². The molecule has 0 N–H and O–H groups in total. The Balaban J connectivity index is 1.39. The van der Waals surface area contributed by atoms with Crippen molar-refractivity contribution in [3.8, 4) is 5.88 Å². The fraction of sp³-hybridized carbons (Fsp3) is 0.529. The van der Waals surface area contributed by atoms with Gasteiger partial charge in [0.1, 0.15) is 0 Å². The van der Waals surface area contributed by atoms with Crippen LogP contribution < -0.4 is 4.74 Å². The number of hydrogen-bond donors (Lipinski definition) is 0. The number of methoxy groups -OCH3 is 1. The molecule has 0 aliphatic carbocycles. The van der Waals surface area contributed by atoms with E-state index in [0.717, 1.165) is 50.4 Å². The van der Waals surface area contributed by atoms with E-state index in [2.05, 4.69) is 31.4 Å². The van der Waals surface area contributed by atoms with Crippen LogP contribution in [0.1, 0.15) is 30.3 Å². The first-order valence-electron chi connectivity index (χ1n) is 8.70. The molecule has 0 bridgehead atoms. The first-order valence-corrected chi connectivity index (χ1v) is 8.70. The van der Waals surface area contributed by atoms with Gasteiger partial charge >= 0.3 is 0 Å². The predicted octanol–water partition coefficient (Wildman–Crippen LogP) is 1.29. The van der Waals surface area contributed by atoms with Crippen molar-refractivity contribution in [1.29, 1.82) is 0 Å². The molecule has 1 fully saturated rings. The maximum atomic E-state index is 5.23. The third-order valence-electron chi connectivity index (χ3n) is 5.03. The van der Waals surface area contributed by atoms with Crippen LogP contribution in [0.4, 0.5) is 0 Å². The van der Waals surface area contributed by atoms with Crippen molar-refractivity contribution in [2.75, 3.05) is 26.7 Å².